The Morgan fingerprint density at radius 2 is 2.11 bits per heavy atom. The molecule has 0 unspecified atom stereocenters. The highest BCUT2D eigenvalue weighted by Gasteiger charge is 2.18. The fraction of sp³-hybridized carbons (Fsp3) is 0.500. The Hall–Kier alpha value is -2.46. The van der Waals surface area contributed by atoms with E-state index in [-0.39, 0.29) is 17.8 Å². The number of nitro benzene ring substituents is 1. The van der Waals surface area contributed by atoms with E-state index in [9.17, 15) is 14.9 Å². The topological polar surface area (TPSA) is 114 Å². The molecular weight excluding hydrogens is 382 g/mol. The van der Waals surface area contributed by atoms with Crippen LogP contribution in [0.3, 0.4) is 0 Å². The normalized spacial score (nSPS) is 14.8. The number of nitro groups is 1. The maximum absolute atomic E-state index is 12.3. The third kappa shape index (κ3) is 5.29. The SMILES string of the molecule is Cc1c(C(=O)NCc2nnc(SCCN3CCCCC3)o2)cccc1[N+](=O)[O-]. The lowest BCUT2D eigenvalue weighted by Gasteiger charge is -2.25. The fourth-order valence-corrected chi connectivity index (χ4v) is 3.91. The zero-order valence-corrected chi connectivity index (χ0v) is 16.5. The molecule has 3 rings (SSSR count). The van der Waals surface area contributed by atoms with E-state index in [4.69, 9.17) is 4.42 Å². The molecule has 1 fully saturated rings. The Bertz CT molecular complexity index is 835. The number of carbonyl (C=O) groups excluding carboxylic acids is 1. The van der Waals surface area contributed by atoms with Crippen LogP contribution < -0.4 is 5.32 Å². The second kappa shape index (κ2) is 9.65. The summed E-state index contributed by atoms with van der Waals surface area (Å²) in [5.74, 6) is 0.761. The van der Waals surface area contributed by atoms with Gasteiger partial charge in [0.1, 0.15) is 0 Å². The number of hydrogen-bond donors (Lipinski definition) is 1. The highest BCUT2D eigenvalue weighted by Crippen LogP contribution is 2.21. The molecule has 1 saturated heterocycles. The van der Waals surface area contributed by atoms with Crippen molar-refractivity contribution in [1.82, 2.24) is 20.4 Å². The van der Waals surface area contributed by atoms with Crippen LogP contribution in [-0.4, -0.2) is 51.3 Å². The van der Waals surface area contributed by atoms with Crippen molar-refractivity contribution in [1.29, 1.82) is 0 Å². The van der Waals surface area contributed by atoms with Gasteiger partial charge in [0.15, 0.2) is 0 Å². The van der Waals surface area contributed by atoms with Crippen molar-refractivity contribution in [3.63, 3.8) is 0 Å². The number of hydrogen-bond acceptors (Lipinski definition) is 8. The number of rotatable bonds is 8. The minimum atomic E-state index is -0.502. The van der Waals surface area contributed by atoms with Crippen LogP contribution in [0.4, 0.5) is 5.69 Å². The van der Waals surface area contributed by atoms with Gasteiger partial charge in [0.05, 0.1) is 11.5 Å². The van der Waals surface area contributed by atoms with Gasteiger partial charge in [-0.05, 0) is 38.9 Å². The van der Waals surface area contributed by atoms with Gasteiger partial charge in [0, 0.05) is 29.5 Å². The molecule has 9 nitrogen and oxygen atoms in total. The van der Waals surface area contributed by atoms with Crippen molar-refractivity contribution >= 4 is 23.4 Å². The maximum Gasteiger partial charge on any atom is 0.276 e. The number of carbonyl (C=O) groups is 1. The second-order valence-electron chi connectivity index (χ2n) is 6.60. The molecule has 10 heteroatoms. The fourth-order valence-electron chi connectivity index (χ4n) is 3.13. The maximum atomic E-state index is 12.3. The summed E-state index contributed by atoms with van der Waals surface area (Å²) in [7, 11) is 0. The third-order valence-corrected chi connectivity index (χ3v) is 5.48. The van der Waals surface area contributed by atoms with E-state index in [2.05, 4.69) is 20.4 Å². The predicted molar refractivity (Wildman–Crippen MR) is 104 cm³/mol. The van der Waals surface area contributed by atoms with Crippen LogP contribution in [0.25, 0.3) is 0 Å². The molecule has 0 bridgehead atoms. The van der Waals surface area contributed by atoms with E-state index in [0.29, 0.717) is 16.7 Å². The Morgan fingerprint density at radius 1 is 1.32 bits per heavy atom. The molecule has 2 aromatic rings. The second-order valence-corrected chi connectivity index (χ2v) is 7.65. The zero-order valence-electron chi connectivity index (χ0n) is 15.7. The number of likely N-dealkylation sites (tertiary alicyclic amines) is 1. The molecule has 1 aromatic heterocycles. The van der Waals surface area contributed by atoms with E-state index in [1.54, 1.807) is 13.0 Å². The molecule has 1 aromatic carbocycles. The number of piperidine rings is 1. The van der Waals surface area contributed by atoms with E-state index in [1.165, 1.54) is 43.2 Å². The van der Waals surface area contributed by atoms with Gasteiger partial charge < -0.3 is 14.6 Å². The number of nitrogens with one attached hydrogen (secondary N) is 1. The molecule has 1 aliphatic rings. The summed E-state index contributed by atoms with van der Waals surface area (Å²) in [5.41, 5.74) is 0.493. The Labute approximate surface area is 167 Å². The standard InChI is InChI=1S/C18H23N5O4S/c1-13-14(6-5-7-15(13)23(25)26)17(24)19-12-16-20-21-18(27-16)28-11-10-22-8-3-2-4-9-22/h5-7H,2-4,8-12H2,1H3,(H,19,24). The van der Waals surface area contributed by atoms with E-state index >= 15 is 0 Å². The van der Waals surface area contributed by atoms with Gasteiger partial charge in [-0.25, -0.2) is 0 Å². The molecule has 150 valence electrons. The minimum Gasteiger partial charge on any atom is -0.414 e. The van der Waals surface area contributed by atoms with Gasteiger partial charge in [-0.3, -0.25) is 14.9 Å². The summed E-state index contributed by atoms with van der Waals surface area (Å²) in [6, 6.07) is 4.41. The molecule has 28 heavy (non-hydrogen) atoms. The predicted octanol–water partition coefficient (Wildman–Crippen LogP) is 2.79. The van der Waals surface area contributed by atoms with Gasteiger partial charge >= 0.3 is 0 Å². The lowest BCUT2D eigenvalue weighted by Crippen LogP contribution is -2.31. The lowest BCUT2D eigenvalue weighted by molar-refractivity contribution is -0.385. The first-order valence-electron chi connectivity index (χ1n) is 9.24. The van der Waals surface area contributed by atoms with Crippen LogP contribution in [0.1, 0.15) is 41.1 Å². The average Bonchev–Trinajstić information content (AvgIpc) is 3.14. The Kier molecular flexibility index (Phi) is 6.99. The van der Waals surface area contributed by atoms with Crippen LogP contribution >= 0.6 is 11.8 Å². The number of thioether (sulfide) groups is 1. The molecule has 1 aliphatic heterocycles. The average molecular weight is 405 g/mol. The number of benzene rings is 1. The van der Waals surface area contributed by atoms with Gasteiger partial charge in [-0.2, -0.15) is 0 Å². The van der Waals surface area contributed by atoms with Crippen molar-refractivity contribution < 1.29 is 14.1 Å². The summed E-state index contributed by atoms with van der Waals surface area (Å²) >= 11 is 1.50. The van der Waals surface area contributed by atoms with Crippen LogP contribution in [-0.2, 0) is 6.54 Å². The van der Waals surface area contributed by atoms with Gasteiger partial charge in [-0.15, -0.1) is 10.2 Å². The molecule has 1 N–H and O–H groups in total. The molecular formula is C18H23N5O4S. The van der Waals surface area contributed by atoms with Gasteiger partial charge in [-0.1, -0.05) is 24.2 Å². The molecule has 0 aliphatic carbocycles. The van der Waals surface area contributed by atoms with Gasteiger partial charge in [0.25, 0.3) is 16.8 Å². The van der Waals surface area contributed by atoms with Crippen LogP contribution in [0.2, 0.25) is 0 Å². The summed E-state index contributed by atoms with van der Waals surface area (Å²) in [4.78, 5) is 25.3. The highest BCUT2D eigenvalue weighted by atomic mass is 32.2. The van der Waals surface area contributed by atoms with Crippen molar-refractivity contribution in [2.45, 2.75) is 38.0 Å². The smallest absolute Gasteiger partial charge is 0.276 e. The number of aromatic nitrogens is 2. The summed E-state index contributed by atoms with van der Waals surface area (Å²) in [6.45, 7) is 4.92. The first-order chi connectivity index (χ1) is 13.5. The van der Waals surface area contributed by atoms with Crippen molar-refractivity contribution in [2.75, 3.05) is 25.4 Å². The summed E-state index contributed by atoms with van der Waals surface area (Å²) in [6.07, 6.45) is 3.84. The largest absolute Gasteiger partial charge is 0.414 e. The van der Waals surface area contributed by atoms with Crippen LogP contribution in [0.5, 0.6) is 0 Å². The van der Waals surface area contributed by atoms with E-state index in [0.717, 1.165) is 25.4 Å². The van der Waals surface area contributed by atoms with Crippen molar-refractivity contribution in [2.24, 2.45) is 0 Å². The number of nitrogens with zero attached hydrogens (tertiary/aromatic N) is 4. The van der Waals surface area contributed by atoms with Crippen molar-refractivity contribution in [3.05, 3.63) is 45.3 Å². The molecule has 1 amide bonds. The monoisotopic (exact) mass is 405 g/mol. The Balaban J connectivity index is 1.48. The summed E-state index contributed by atoms with van der Waals surface area (Å²) < 4.78 is 5.55. The molecule has 2 heterocycles. The highest BCUT2D eigenvalue weighted by molar-refractivity contribution is 7.99. The Morgan fingerprint density at radius 3 is 2.86 bits per heavy atom. The van der Waals surface area contributed by atoms with Gasteiger partial charge in [0.2, 0.25) is 5.89 Å². The lowest BCUT2D eigenvalue weighted by atomic mass is 10.1. The van der Waals surface area contributed by atoms with E-state index in [1.807, 2.05) is 0 Å². The number of amides is 1. The minimum absolute atomic E-state index is 0.0701. The first-order valence-corrected chi connectivity index (χ1v) is 10.2. The van der Waals surface area contributed by atoms with Crippen molar-refractivity contribution in [3.8, 4) is 0 Å². The molecule has 0 saturated carbocycles. The quantitative estimate of drug-likeness (QED) is 0.405. The third-order valence-electron chi connectivity index (χ3n) is 4.68. The van der Waals surface area contributed by atoms with Crippen LogP contribution in [0, 0.1) is 17.0 Å². The molecule has 0 atom stereocenters. The van der Waals surface area contributed by atoms with E-state index < -0.39 is 10.8 Å². The molecule has 0 spiro atoms. The zero-order chi connectivity index (χ0) is 19.9. The van der Waals surface area contributed by atoms with Crippen LogP contribution in [0.15, 0.2) is 27.8 Å². The first kappa shape index (κ1) is 20.3. The summed E-state index contributed by atoms with van der Waals surface area (Å²) in [5, 5.41) is 22.1. The molecule has 0 radical (unpaired) electrons.